The lowest BCUT2D eigenvalue weighted by atomic mass is 10.2. The van der Waals surface area contributed by atoms with Crippen LogP contribution in [0.3, 0.4) is 0 Å². The molecule has 17 heteroatoms. The molecule has 0 heterocycles. The van der Waals surface area contributed by atoms with Crippen LogP contribution in [0, 0.1) is 0 Å². The molecule has 0 fully saturated rings. The number of amides is 1. The fourth-order valence-corrected chi connectivity index (χ4v) is 3.97. The van der Waals surface area contributed by atoms with Gasteiger partial charge in [0.15, 0.2) is 0 Å². The van der Waals surface area contributed by atoms with Crippen LogP contribution in [0.5, 0.6) is 0 Å². The predicted molar refractivity (Wildman–Crippen MR) is 105 cm³/mol. The predicted octanol–water partition coefficient (Wildman–Crippen LogP) is 1.38. The van der Waals surface area contributed by atoms with E-state index in [1.54, 1.807) is 0 Å². The maximum absolute atomic E-state index is 11.5. The molecule has 0 bridgehead atoms. The number of azo groups is 1. The Morgan fingerprint density at radius 3 is 1.87 bits per heavy atom. The minimum Gasteiger partial charge on any atom is -0.398 e. The highest BCUT2D eigenvalue weighted by molar-refractivity contribution is 7.86. The smallest absolute Gasteiger partial charge is 0.296 e. The first-order valence-corrected chi connectivity index (χ1v) is 12.0. The summed E-state index contributed by atoms with van der Waals surface area (Å²) in [5.41, 5.74) is 3.70. The monoisotopic (exact) mass is 494 g/mol. The fraction of sp³-hybridized carbons (Fsp3) is 0.0714. The summed E-state index contributed by atoms with van der Waals surface area (Å²) in [6, 6.07) is 3.52. The van der Waals surface area contributed by atoms with Gasteiger partial charge in [-0.05, 0) is 30.3 Å². The van der Waals surface area contributed by atoms with Gasteiger partial charge in [-0.25, -0.2) is 0 Å². The SMILES string of the molecule is CC(=O)Nc1cc(N)c(S(=O)(=O)O)cc1N=Nc1cc(S(=O)(=O)O)ccc1S(=O)(=O)O. The van der Waals surface area contributed by atoms with Crippen LogP contribution in [0.25, 0.3) is 0 Å². The molecule has 2 aromatic rings. The lowest BCUT2D eigenvalue weighted by Crippen LogP contribution is -2.09. The van der Waals surface area contributed by atoms with Crippen LogP contribution in [0.4, 0.5) is 22.7 Å². The standard InChI is InChI=1S/C14H14N4O10S3/c1-7(19)16-10-5-9(15)14(31(26,27)28)6-11(10)17-18-12-4-8(29(20,21)22)2-3-13(12)30(23,24)25/h2-6H,15H2,1H3,(H,16,19)(H,20,21,22)(H,23,24,25)(H,26,27,28). The maximum Gasteiger partial charge on any atom is 0.296 e. The molecule has 0 spiro atoms. The van der Waals surface area contributed by atoms with E-state index in [-0.39, 0.29) is 5.69 Å². The Bertz CT molecular complexity index is 1410. The Kier molecular flexibility index (Phi) is 6.50. The second kappa shape index (κ2) is 8.29. The summed E-state index contributed by atoms with van der Waals surface area (Å²) < 4.78 is 96.3. The lowest BCUT2D eigenvalue weighted by molar-refractivity contribution is -0.114. The average Bonchev–Trinajstić information content (AvgIpc) is 2.57. The van der Waals surface area contributed by atoms with Crippen LogP contribution in [-0.2, 0) is 35.1 Å². The molecule has 2 aromatic carbocycles. The number of hydrogen-bond acceptors (Lipinski definition) is 10. The number of hydrogen-bond donors (Lipinski definition) is 5. The molecule has 1 amide bonds. The van der Waals surface area contributed by atoms with Crippen LogP contribution in [0.2, 0.25) is 0 Å². The highest BCUT2D eigenvalue weighted by Crippen LogP contribution is 2.35. The molecule has 0 aliphatic rings. The molecule has 2 rings (SSSR count). The third-order valence-corrected chi connectivity index (χ3v) is 6.15. The van der Waals surface area contributed by atoms with Crippen molar-refractivity contribution in [3.05, 3.63) is 30.3 Å². The largest absolute Gasteiger partial charge is 0.398 e. The summed E-state index contributed by atoms with van der Waals surface area (Å²) in [5, 5.41) is 9.31. The second-order valence-electron chi connectivity index (χ2n) is 5.84. The molecule has 0 atom stereocenters. The van der Waals surface area contributed by atoms with Gasteiger partial charge in [-0.1, -0.05) is 0 Å². The van der Waals surface area contributed by atoms with Crippen molar-refractivity contribution in [1.29, 1.82) is 0 Å². The van der Waals surface area contributed by atoms with Crippen LogP contribution in [0.15, 0.2) is 55.2 Å². The highest BCUT2D eigenvalue weighted by atomic mass is 32.2. The number of carbonyl (C=O) groups excluding carboxylic acids is 1. The molecule has 0 radical (unpaired) electrons. The first-order valence-electron chi connectivity index (χ1n) is 7.69. The number of nitrogens with zero attached hydrogens (tertiary/aromatic N) is 2. The van der Waals surface area contributed by atoms with Crippen molar-refractivity contribution < 1.29 is 43.7 Å². The Balaban J connectivity index is 2.77. The Hall–Kier alpha value is -2.96. The second-order valence-corrected chi connectivity index (χ2v) is 10.0. The molecule has 0 aromatic heterocycles. The molecule has 6 N–H and O–H groups in total. The number of rotatable bonds is 6. The fourth-order valence-electron chi connectivity index (χ4n) is 2.24. The summed E-state index contributed by atoms with van der Waals surface area (Å²) in [6.45, 7) is 1.10. The van der Waals surface area contributed by atoms with Crippen molar-refractivity contribution in [3.8, 4) is 0 Å². The van der Waals surface area contributed by atoms with Crippen LogP contribution in [-0.4, -0.2) is 44.8 Å². The highest BCUT2D eigenvalue weighted by Gasteiger charge is 2.21. The van der Waals surface area contributed by atoms with E-state index in [1.165, 1.54) is 0 Å². The van der Waals surface area contributed by atoms with Crippen molar-refractivity contribution in [2.45, 2.75) is 21.6 Å². The number of anilines is 2. The van der Waals surface area contributed by atoms with Crippen LogP contribution >= 0.6 is 0 Å². The van der Waals surface area contributed by atoms with Gasteiger partial charge in [-0.2, -0.15) is 25.3 Å². The minimum absolute atomic E-state index is 0.194. The molecular weight excluding hydrogens is 480 g/mol. The van der Waals surface area contributed by atoms with Gasteiger partial charge in [0.1, 0.15) is 21.2 Å². The average molecular weight is 494 g/mol. The van der Waals surface area contributed by atoms with E-state index in [2.05, 4.69) is 15.5 Å². The quantitative estimate of drug-likeness (QED) is 0.218. The number of nitrogens with two attached hydrogens (primary N) is 1. The van der Waals surface area contributed by atoms with E-state index in [9.17, 15) is 39.2 Å². The number of benzene rings is 2. The molecule has 0 unspecified atom stereocenters. The van der Waals surface area contributed by atoms with E-state index in [0.717, 1.165) is 13.0 Å². The van der Waals surface area contributed by atoms with Crippen molar-refractivity contribution in [3.63, 3.8) is 0 Å². The van der Waals surface area contributed by atoms with Gasteiger partial charge < -0.3 is 11.1 Å². The van der Waals surface area contributed by atoms with Gasteiger partial charge in [0.25, 0.3) is 30.4 Å². The normalized spacial score (nSPS) is 12.8. The summed E-state index contributed by atoms with van der Waals surface area (Å²) >= 11 is 0. The van der Waals surface area contributed by atoms with Gasteiger partial charge >= 0.3 is 0 Å². The van der Waals surface area contributed by atoms with Gasteiger partial charge in [0.2, 0.25) is 5.91 Å². The number of nitrogen functional groups attached to an aromatic ring is 1. The topological polar surface area (TPSA) is 243 Å². The molecular formula is C14H14N4O10S3. The summed E-state index contributed by atoms with van der Waals surface area (Å²) in [4.78, 5) is 8.89. The Morgan fingerprint density at radius 1 is 0.839 bits per heavy atom. The van der Waals surface area contributed by atoms with E-state index in [0.29, 0.717) is 24.3 Å². The minimum atomic E-state index is -4.92. The van der Waals surface area contributed by atoms with Crippen molar-refractivity contribution >= 4 is 59.0 Å². The van der Waals surface area contributed by atoms with Gasteiger partial charge in [-0.3, -0.25) is 18.5 Å². The molecule has 14 nitrogen and oxygen atoms in total. The van der Waals surface area contributed by atoms with Gasteiger partial charge in [0, 0.05) is 6.92 Å². The summed E-state index contributed by atoms with van der Waals surface area (Å²) in [5.74, 6) is -0.637. The molecule has 0 aliphatic carbocycles. The number of nitrogens with one attached hydrogen (secondary N) is 1. The summed E-state index contributed by atoms with van der Waals surface area (Å²) in [7, 11) is -14.5. The molecule has 168 valence electrons. The van der Waals surface area contributed by atoms with E-state index in [4.69, 9.17) is 10.3 Å². The zero-order chi connectivity index (χ0) is 23.8. The van der Waals surface area contributed by atoms with Crippen LogP contribution in [0.1, 0.15) is 6.92 Å². The first-order chi connectivity index (χ1) is 14.0. The maximum atomic E-state index is 11.5. The molecule has 0 saturated heterocycles. The Morgan fingerprint density at radius 2 is 1.39 bits per heavy atom. The van der Waals surface area contributed by atoms with E-state index < -0.39 is 68.0 Å². The Labute approximate surface area is 176 Å². The van der Waals surface area contributed by atoms with Gasteiger partial charge in [-0.15, -0.1) is 10.2 Å². The van der Waals surface area contributed by atoms with E-state index in [1.807, 2.05) is 0 Å². The van der Waals surface area contributed by atoms with Crippen molar-refractivity contribution in [2.24, 2.45) is 10.2 Å². The lowest BCUT2D eigenvalue weighted by Gasteiger charge is -2.10. The molecule has 0 aliphatic heterocycles. The number of carbonyl (C=O) groups is 1. The summed E-state index contributed by atoms with van der Waals surface area (Å²) in [6.07, 6.45) is 0. The van der Waals surface area contributed by atoms with Gasteiger partial charge in [0.05, 0.1) is 16.3 Å². The third-order valence-electron chi connectivity index (χ3n) is 3.49. The van der Waals surface area contributed by atoms with E-state index >= 15 is 0 Å². The van der Waals surface area contributed by atoms with Crippen molar-refractivity contribution in [1.82, 2.24) is 0 Å². The molecule has 31 heavy (non-hydrogen) atoms. The third kappa shape index (κ3) is 6.03. The van der Waals surface area contributed by atoms with Crippen LogP contribution < -0.4 is 11.1 Å². The molecule has 0 saturated carbocycles. The van der Waals surface area contributed by atoms with Crippen molar-refractivity contribution in [2.75, 3.05) is 11.1 Å². The zero-order valence-corrected chi connectivity index (χ0v) is 17.7. The first kappa shape index (κ1) is 24.3. The zero-order valence-electron chi connectivity index (χ0n) is 15.3.